The van der Waals surface area contributed by atoms with Crippen LogP contribution in [-0.4, -0.2) is 18.3 Å². The Morgan fingerprint density at radius 2 is 0.693 bits per heavy atom. The highest BCUT2D eigenvalue weighted by Gasteiger charge is 2.33. The summed E-state index contributed by atoms with van der Waals surface area (Å²) in [6.07, 6.45) is 0. The van der Waals surface area contributed by atoms with Gasteiger partial charge in [-0.2, -0.15) is 5.26 Å². The van der Waals surface area contributed by atoms with E-state index < -0.39 is 0 Å². The lowest BCUT2D eigenvalue weighted by Crippen LogP contribution is -2.09. The Bertz CT molecular complexity index is 6100. The number of benzene rings is 13. The molecule has 0 saturated heterocycles. The number of nitriles is 1. The van der Waals surface area contributed by atoms with Crippen LogP contribution in [0.25, 0.3) is 177 Å². The highest BCUT2D eigenvalue weighted by Crippen LogP contribution is 2.55. The van der Waals surface area contributed by atoms with E-state index in [4.69, 9.17) is 4.85 Å². The molecule has 0 bridgehead atoms. The average Bonchev–Trinajstić information content (AvgIpc) is 2.20. The van der Waals surface area contributed by atoms with Crippen LogP contribution in [0.3, 0.4) is 0 Å². The van der Waals surface area contributed by atoms with Crippen LogP contribution in [0.15, 0.2) is 267 Å². The molecule has 0 aliphatic carbocycles. The minimum absolute atomic E-state index is 0.389. The monoisotopic (exact) mass is 1150 g/mol. The SMILES string of the molecule is [C-]#[N+]c1c(-c2ccc3c(c2)c2ccccc2n3-c2ccccc2)c(C#N)c(-n2c3ccccc3c3c4sc5ccccc5c4ccc32)c(-c2ccc3c(c2)c2ccccc2n3-c2ccccc2)c1-n1c2ccccc2c2c3sc4ccccc4c3ccc21. The number of hydrogen-bond acceptors (Lipinski definition) is 3. The third-order valence-electron chi connectivity index (χ3n) is 18.4. The van der Waals surface area contributed by atoms with Crippen molar-refractivity contribution in [2.75, 3.05) is 0 Å². The summed E-state index contributed by atoms with van der Waals surface area (Å²) in [4.78, 5) is 4.84. The maximum atomic E-state index is 12.7. The summed E-state index contributed by atoms with van der Waals surface area (Å²) in [7, 11) is 0. The third kappa shape index (κ3) is 6.62. The Morgan fingerprint density at radius 3 is 1.16 bits per heavy atom. The quantitative estimate of drug-likeness (QED) is 0.153. The molecule has 8 heteroatoms. The van der Waals surface area contributed by atoms with Crippen molar-refractivity contribution in [1.29, 1.82) is 5.26 Å². The van der Waals surface area contributed by atoms with E-state index in [9.17, 15) is 11.8 Å². The van der Waals surface area contributed by atoms with E-state index in [1.807, 2.05) is 22.7 Å². The van der Waals surface area contributed by atoms with Gasteiger partial charge in [-0.05, 0) is 108 Å². The van der Waals surface area contributed by atoms with Crippen molar-refractivity contribution < 1.29 is 0 Å². The molecule has 406 valence electrons. The lowest BCUT2D eigenvalue weighted by Gasteiger charge is -2.26. The second kappa shape index (κ2) is 18.5. The minimum Gasteiger partial charge on any atom is -0.318 e. The number of rotatable bonds is 6. The molecule has 0 amide bonds. The van der Waals surface area contributed by atoms with Gasteiger partial charge in [-0.25, -0.2) is 4.85 Å². The van der Waals surface area contributed by atoms with E-state index in [2.05, 4.69) is 291 Å². The maximum Gasteiger partial charge on any atom is 0.220 e. The van der Waals surface area contributed by atoms with Crippen molar-refractivity contribution in [2.45, 2.75) is 0 Å². The van der Waals surface area contributed by atoms with Gasteiger partial charge in [-0.1, -0.05) is 170 Å². The molecule has 6 heterocycles. The first-order valence-electron chi connectivity index (χ1n) is 29.5. The summed E-state index contributed by atoms with van der Waals surface area (Å²) in [6, 6.07) is 98.5. The number of para-hydroxylation sites is 6. The Kier molecular flexibility index (Phi) is 10.3. The predicted octanol–water partition coefficient (Wildman–Crippen LogP) is 22.6. The molecule has 0 fully saturated rings. The zero-order valence-corrected chi connectivity index (χ0v) is 48.5. The van der Waals surface area contributed by atoms with Gasteiger partial charge in [0, 0.05) is 106 Å². The normalized spacial score (nSPS) is 12.1. The third-order valence-corrected chi connectivity index (χ3v) is 20.8. The van der Waals surface area contributed by atoms with Gasteiger partial charge in [0.1, 0.15) is 6.07 Å². The molecule has 13 aromatic carbocycles. The summed E-state index contributed by atoms with van der Waals surface area (Å²) in [6.45, 7) is 9.92. The standard InChI is InChI=1S/C80H44N6S2/c1-82-76-72(47-36-40-66-59(44-47)51-24-8-14-30-62(51)83(66)49-20-4-2-5-21-49)61(46-81)77(85-64-32-16-10-28-57(64)74-68(85)42-38-55-53-26-12-18-34-70(53)87-79(55)74)73(48-37-41-67-60(45-48)52-25-9-15-31-63(52)84(67)50-22-6-3-7-23-50)78(76)86-65-33-17-11-29-58(65)75-69(86)43-39-56-54-27-13-19-35-71(54)88-80(56)75/h2-45H. The zero-order valence-electron chi connectivity index (χ0n) is 46.9. The molecule has 0 unspecified atom stereocenters. The highest BCUT2D eigenvalue weighted by atomic mass is 32.1. The molecule has 88 heavy (non-hydrogen) atoms. The van der Waals surface area contributed by atoms with E-state index in [1.54, 1.807) is 0 Å². The van der Waals surface area contributed by atoms with Crippen LogP contribution in [0.2, 0.25) is 0 Å². The second-order valence-corrected chi connectivity index (χ2v) is 24.9. The van der Waals surface area contributed by atoms with Crippen molar-refractivity contribution in [3.05, 3.63) is 284 Å². The Balaban J connectivity index is 1.05. The van der Waals surface area contributed by atoms with Gasteiger partial charge >= 0.3 is 0 Å². The summed E-state index contributed by atoms with van der Waals surface area (Å²) < 4.78 is 14.2. The van der Waals surface area contributed by atoms with Crippen molar-refractivity contribution >= 4 is 156 Å². The zero-order chi connectivity index (χ0) is 57.9. The fourth-order valence-electron chi connectivity index (χ4n) is 14.8. The van der Waals surface area contributed by atoms with Gasteiger partial charge in [0.25, 0.3) is 0 Å². The van der Waals surface area contributed by atoms with Gasteiger partial charge in [0.15, 0.2) is 0 Å². The second-order valence-electron chi connectivity index (χ2n) is 22.8. The number of fused-ring (bicyclic) bond motifs is 20. The van der Waals surface area contributed by atoms with Crippen molar-refractivity contribution in [3.63, 3.8) is 0 Å². The minimum atomic E-state index is 0.389. The van der Waals surface area contributed by atoms with E-state index in [1.165, 1.54) is 40.3 Å². The molecule has 19 rings (SSSR count). The van der Waals surface area contributed by atoms with Crippen LogP contribution in [0.5, 0.6) is 0 Å². The van der Waals surface area contributed by atoms with Crippen LogP contribution in [0, 0.1) is 17.9 Å². The smallest absolute Gasteiger partial charge is 0.220 e. The first-order chi connectivity index (χ1) is 43.6. The molecule has 6 aromatic heterocycles. The molecule has 19 aromatic rings. The lowest BCUT2D eigenvalue weighted by atomic mass is 9.87. The number of nitrogens with zero attached hydrogens (tertiary/aromatic N) is 6. The van der Waals surface area contributed by atoms with Crippen molar-refractivity contribution in [2.24, 2.45) is 0 Å². The molecule has 0 aliphatic rings. The average molecular weight is 1150 g/mol. The van der Waals surface area contributed by atoms with Crippen LogP contribution >= 0.6 is 22.7 Å². The fourth-order valence-corrected chi connectivity index (χ4v) is 17.4. The molecule has 0 saturated carbocycles. The molecular weight excluding hydrogens is 1110 g/mol. The van der Waals surface area contributed by atoms with E-state index in [0.29, 0.717) is 28.2 Å². The van der Waals surface area contributed by atoms with Gasteiger partial charge < -0.3 is 18.3 Å². The topological polar surface area (TPSA) is 47.9 Å². The molecule has 0 N–H and O–H groups in total. The maximum absolute atomic E-state index is 12.7. The van der Waals surface area contributed by atoms with Gasteiger partial charge in [-0.15, -0.1) is 22.7 Å². The van der Waals surface area contributed by atoms with Gasteiger partial charge in [0.2, 0.25) is 5.69 Å². The van der Waals surface area contributed by atoms with Crippen LogP contribution in [0.4, 0.5) is 5.69 Å². The fraction of sp³-hybridized carbons (Fsp3) is 0. The molecule has 0 spiro atoms. The number of aromatic nitrogens is 4. The Hall–Kier alpha value is -11.5. The number of thiophene rings is 2. The van der Waals surface area contributed by atoms with Crippen molar-refractivity contribution in [3.8, 4) is 51.1 Å². The molecule has 0 radical (unpaired) electrons. The van der Waals surface area contributed by atoms with E-state index in [-0.39, 0.29) is 0 Å². The molecule has 0 aliphatic heterocycles. The van der Waals surface area contributed by atoms with Gasteiger partial charge in [0.05, 0.1) is 67.6 Å². The first kappa shape index (κ1) is 48.8. The molecular formula is C80H44N6S2. The Morgan fingerprint density at radius 1 is 0.318 bits per heavy atom. The first-order valence-corrected chi connectivity index (χ1v) is 31.1. The van der Waals surface area contributed by atoms with Crippen LogP contribution in [-0.2, 0) is 0 Å². The van der Waals surface area contributed by atoms with Crippen LogP contribution in [0.1, 0.15) is 5.56 Å². The predicted molar refractivity (Wildman–Crippen MR) is 371 cm³/mol. The summed E-state index contributed by atoms with van der Waals surface area (Å²) >= 11 is 3.64. The van der Waals surface area contributed by atoms with Crippen molar-refractivity contribution in [1.82, 2.24) is 18.3 Å². The largest absolute Gasteiger partial charge is 0.318 e. The molecule has 6 nitrogen and oxygen atoms in total. The van der Waals surface area contributed by atoms with Gasteiger partial charge in [-0.3, -0.25) is 0 Å². The Labute approximate surface area is 511 Å². The molecule has 0 atom stereocenters. The van der Waals surface area contributed by atoms with E-state index in [0.717, 1.165) is 115 Å². The number of hydrogen-bond donors (Lipinski definition) is 0. The van der Waals surface area contributed by atoms with Crippen LogP contribution < -0.4 is 0 Å². The highest BCUT2D eigenvalue weighted by molar-refractivity contribution is 7.27. The van der Waals surface area contributed by atoms with E-state index >= 15 is 0 Å². The summed E-state index contributed by atoms with van der Waals surface area (Å²) in [5.74, 6) is 0. The lowest BCUT2D eigenvalue weighted by molar-refractivity contribution is 1.13. The summed E-state index contributed by atoms with van der Waals surface area (Å²) in [5, 5.41) is 26.2. The summed E-state index contributed by atoms with van der Waals surface area (Å²) in [5.41, 5.74) is 15.5.